The van der Waals surface area contributed by atoms with E-state index in [0.717, 1.165) is 4.34 Å². The molecule has 0 bridgehead atoms. The van der Waals surface area contributed by atoms with Crippen LogP contribution >= 0.6 is 34.7 Å². The monoisotopic (exact) mass is 223 g/mol. The molecule has 12 heavy (non-hydrogen) atoms. The van der Waals surface area contributed by atoms with Crippen molar-refractivity contribution >= 4 is 34.7 Å². The van der Waals surface area contributed by atoms with Crippen molar-refractivity contribution < 1.29 is 5.11 Å². The zero-order chi connectivity index (χ0) is 9.19. The van der Waals surface area contributed by atoms with Gasteiger partial charge in [-0.3, -0.25) is 0 Å². The van der Waals surface area contributed by atoms with Gasteiger partial charge >= 0.3 is 0 Å². The Morgan fingerprint density at radius 3 is 2.83 bits per heavy atom. The summed E-state index contributed by atoms with van der Waals surface area (Å²) in [6.07, 6.45) is 0. The first-order valence-corrected chi connectivity index (χ1v) is 5.52. The average molecular weight is 224 g/mol. The van der Waals surface area contributed by atoms with E-state index >= 15 is 0 Å². The number of aliphatic hydroxyl groups is 1. The van der Waals surface area contributed by atoms with E-state index in [2.05, 4.69) is 4.98 Å². The van der Waals surface area contributed by atoms with E-state index in [9.17, 15) is 0 Å². The van der Waals surface area contributed by atoms with Crippen LogP contribution in [0.15, 0.2) is 9.72 Å². The average Bonchev–Trinajstić information content (AvgIpc) is 2.35. The Hall–Kier alpha value is 0.230. The lowest BCUT2D eigenvalue weighted by Gasteiger charge is -2.18. The zero-order valence-corrected chi connectivity index (χ0v) is 9.26. The molecular weight excluding hydrogens is 214 g/mol. The zero-order valence-electron chi connectivity index (χ0n) is 6.87. The van der Waals surface area contributed by atoms with E-state index in [0.29, 0.717) is 5.15 Å². The number of thioether (sulfide) groups is 1. The van der Waals surface area contributed by atoms with Gasteiger partial charge in [0.1, 0.15) is 5.15 Å². The molecule has 0 saturated heterocycles. The summed E-state index contributed by atoms with van der Waals surface area (Å²) in [5.41, 5.74) is 0. The van der Waals surface area contributed by atoms with Gasteiger partial charge in [-0.2, -0.15) is 0 Å². The van der Waals surface area contributed by atoms with Crippen molar-refractivity contribution in [2.75, 3.05) is 6.61 Å². The van der Waals surface area contributed by atoms with E-state index in [1.54, 1.807) is 5.38 Å². The van der Waals surface area contributed by atoms with Crippen molar-refractivity contribution in [3.8, 4) is 0 Å². The summed E-state index contributed by atoms with van der Waals surface area (Å²) in [7, 11) is 0. The van der Waals surface area contributed by atoms with Crippen molar-refractivity contribution in [2.45, 2.75) is 22.9 Å². The van der Waals surface area contributed by atoms with Crippen molar-refractivity contribution in [3.05, 3.63) is 10.5 Å². The van der Waals surface area contributed by atoms with E-state index in [4.69, 9.17) is 16.7 Å². The topological polar surface area (TPSA) is 33.1 Å². The SMILES string of the molecule is CC(C)(CO)Sc1nc(Cl)cs1. The second-order valence-electron chi connectivity index (χ2n) is 2.96. The lowest BCUT2D eigenvalue weighted by molar-refractivity contribution is 0.265. The van der Waals surface area contributed by atoms with Crippen molar-refractivity contribution in [2.24, 2.45) is 0 Å². The second-order valence-corrected chi connectivity index (χ2v) is 6.16. The molecule has 1 heterocycles. The molecule has 1 aromatic rings. The van der Waals surface area contributed by atoms with Crippen LogP contribution in [-0.4, -0.2) is 21.4 Å². The largest absolute Gasteiger partial charge is 0.395 e. The molecule has 0 amide bonds. The number of halogens is 1. The van der Waals surface area contributed by atoms with Crippen molar-refractivity contribution in [1.82, 2.24) is 4.98 Å². The smallest absolute Gasteiger partial charge is 0.152 e. The predicted octanol–water partition coefficient (Wildman–Crippen LogP) is 2.66. The van der Waals surface area contributed by atoms with Crippen LogP contribution in [0, 0.1) is 0 Å². The van der Waals surface area contributed by atoms with Crippen LogP contribution in [0.4, 0.5) is 0 Å². The van der Waals surface area contributed by atoms with Crippen LogP contribution in [0.3, 0.4) is 0 Å². The Labute approximate surface area is 85.0 Å². The molecule has 0 saturated carbocycles. The third-order valence-electron chi connectivity index (χ3n) is 1.20. The van der Waals surface area contributed by atoms with E-state index in [1.807, 2.05) is 13.8 Å². The fraction of sp³-hybridized carbons (Fsp3) is 0.571. The molecule has 1 N–H and O–H groups in total. The first-order chi connectivity index (χ1) is 5.53. The van der Waals surface area contributed by atoms with Crippen molar-refractivity contribution in [1.29, 1.82) is 0 Å². The number of aliphatic hydroxyl groups excluding tert-OH is 1. The first kappa shape index (κ1) is 10.3. The molecule has 1 rings (SSSR count). The summed E-state index contributed by atoms with van der Waals surface area (Å²) in [4.78, 5) is 4.08. The van der Waals surface area contributed by atoms with E-state index < -0.39 is 0 Å². The molecular formula is C7H10ClNOS2. The van der Waals surface area contributed by atoms with Gasteiger partial charge in [0, 0.05) is 10.1 Å². The highest BCUT2D eigenvalue weighted by molar-refractivity contribution is 8.02. The molecule has 0 aromatic carbocycles. The summed E-state index contributed by atoms with van der Waals surface area (Å²) in [6.45, 7) is 4.06. The molecule has 0 spiro atoms. The summed E-state index contributed by atoms with van der Waals surface area (Å²) in [5, 5.41) is 11.3. The third kappa shape index (κ3) is 2.94. The quantitative estimate of drug-likeness (QED) is 0.800. The van der Waals surface area contributed by atoms with Gasteiger partial charge < -0.3 is 5.11 Å². The van der Waals surface area contributed by atoms with E-state index in [-0.39, 0.29) is 11.4 Å². The normalized spacial score (nSPS) is 12.0. The fourth-order valence-corrected chi connectivity index (χ4v) is 2.97. The molecule has 0 aliphatic heterocycles. The van der Waals surface area contributed by atoms with Crippen LogP contribution in [0.2, 0.25) is 5.15 Å². The minimum Gasteiger partial charge on any atom is -0.395 e. The molecule has 2 nitrogen and oxygen atoms in total. The Morgan fingerprint density at radius 2 is 2.42 bits per heavy atom. The highest BCUT2D eigenvalue weighted by Gasteiger charge is 2.19. The van der Waals surface area contributed by atoms with Crippen LogP contribution in [0.25, 0.3) is 0 Å². The maximum Gasteiger partial charge on any atom is 0.152 e. The Bertz CT molecular complexity index is 262. The molecule has 1 aromatic heterocycles. The summed E-state index contributed by atoms with van der Waals surface area (Å²) < 4.78 is 0.723. The molecule has 0 radical (unpaired) electrons. The Kier molecular flexibility index (Phi) is 3.40. The molecule has 0 aliphatic carbocycles. The molecule has 0 aliphatic rings. The maximum atomic E-state index is 8.99. The first-order valence-electron chi connectivity index (χ1n) is 3.44. The molecule has 68 valence electrons. The maximum absolute atomic E-state index is 8.99. The molecule has 0 fully saturated rings. The van der Waals surface area contributed by atoms with Crippen LogP contribution in [-0.2, 0) is 0 Å². The standard InChI is InChI=1S/C7H10ClNOS2/c1-7(2,4-10)12-6-9-5(8)3-11-6/h3,10H,4H2,1-2H3. The number of nitrogens with zero attached hydrogens (tertiary/aromatic N) is 1. The predicted molar refractivity (Wildman–Crippen MR) is 54.1 cm³/mol. The van der Waals surface area contributed by atoms with Gasteiger partial charge in [-0.05, 0) is 13.8 Å². The molecule has 0 unspecified atom stereocenters. The van der Waals surface area contributed by atoms with E-state index in [1.165, 1.54) is 23.1 Å². The highest BCUT2D eigenvalue weighted by atomic mass is 35.5. The van der Waals surface area contributed by atoms with Gasteiger partial charge in [-0.1, -0.05) is 23.4 Å². The van der Waals surface area contributed by atoms with Gasteiger partial charge in [-0.25, -0.2) is 4.98 Å². The lowest BCUT2D eigenvalue weighted by atomic mass is 10.2. The number of hydrogen-bond acceptors (Lipinski definition) is 4. The summed E-state index contributed by atoms with van der Waals surface area (Å²) in [5.74, 6) is 0. The Morgan fingerprint density at radius 1 is 1.75 bits per heavy atom. The number of rotatable bonds is 3. The summed E-state index contributed by atoms with van der Waals surface area (Å²) in [6, 6.07) is 0. The Balaban J connectivity index is 2.63. The van der Waals surface area contributed by atoms with Crippen LogP contribution < -0.4 is 0 Å². The molecule has 0 atom stereocenters. The van der Waals surface area contributed by atoms with Gasteiger partial charge in [0.25, 0.3) is 0 Å². The second kappa shape index (κ2) is 3.96. The van der Waals surface area contributed by atoms with Crippen LogP contribution in [0.1, 0.15) is 13.8 Å². The minimum atomic E-state index is -0.179. The fourth-order valence-electron chi connectivity index (χ4n) is 0.554. The highest BCUT2D eigenvalue weighted by Crippen LogP contribution is 2.34. The minimum absolute atomic E-state index is 0.134. The number of thiazole rings is 1. The van der Waals surface area contributed by atoms with Crippen LogP contribution in [0.5, 0.6) is 0 Å². The van der Waals surface area contributed by atoms with Gasteiger partial charge in [-0.15, -0.1) is 11.3 Å². The van der Waals surface area contributed by atoms with Gasteiger partial charge in [0.2, 0.25) is 0 Å². The third-order valence-corrected chi connectivity index (χ3v) is 3.64. The number of aromatic nitrogens is 1. The van der Waals surface area contributed by atoms with Gasteiger partial charge in [0.15, 0.2) is 4.34 Å². The van der Waals surface area contributed by atoms with Crippen molar-refractivity contribution in [3.63, 3.8) is 0 Å². The number of hydrogen-bond donors (Lipinski definition) is 1. The van der Waals surface area contributed by atoms with Gasteiger partial charge in [0.05, 0.1) is 6.61 Å². The molecule has 5 heteroatoms. The lowest BCUT2D eigenvalue weighted by Crippen LogP contribution is -2.19. The summed E-state index contributed by atoms with van der Waals surface area (Å²) >= 11 is 8.70.